The minimum absolute atomic E-state index is 0.152. The van der Waals surface area contributed by atoms with Crippen LogP contribution < -0.4 is 5.32 Å². The third-order valence-electron chi connectivity index (χ3n) is 4.44. The number of esters is 1. The lowest BCUT2D eigenvalue weighted by Gasteiger charge is -2.30. The molecule has 1 aromatic carbocycles. The van der Waals surface area contributed by atoms with Crippen LogP contribution in [0.4, 0.5) is 5.69 Å². The largest absolute Gasteiger partial charge is 0.463 e. The molecule has 1 amide bonds. The summed E-state index contributed by atoms with van der Waals surface area (Å²) in [5, 5.41) is 2.60. The van der Waals surface area contributed by atoms with Crippen LogP contribution in [0, 0.1) is 0 Å². The highest BCUT2D eigenvalue weighted by Crippen LogP contribution is 2.35. The fourth-order valence-electron chi connectivity index (χ4n) is 3.25. The first-order valence-corrected chi connectivity index (χ1v) is 9.08. The highest BCUT2D eigenvalue weighted by molar-refractivity contribution is 6.29. The maximum absolute atomic E-state index is 13.3. The maximum Gasteiger partial charge on any atom is 0.332 e. The Morgan fingerprint density at radius 2 is 1.93 bits per heavy atom. The van der Waals surface area contributed by atoms with Crippen molar-refractivity contribution in [2.45, 2.75) is 20.8 Å². The van der Waals surface area contributed by atoms with Gasteiger partial charge in [0, 0.05) is 30.3 Å². The van der Waals surface area contributed by atoms with Gasteiger partial charge in [0.15, 0.2) is 5.78 Å². The van der Waals surface area contributed by atoms with Gasteiger partial charge in [0.05, 0.1) is 23.6 Å². The number of carbonyl (C=O) groups is 4. The average molecular weight is 392 g/mol. The van der Waals surface area contributed by atoms with E-state index in [2.05, 4.69) is 5.32 Å². The Hall–Kier alpha value is -3.74. The van der Waals surface area contributed by atoms with E-state index in [0.29, 0.717) is 11.4 Å². The van der Waals surface area contributed by atoms with Crippen LogP contribution in [0.15, 0.2) is 65.7 Å². The molecule has 1 aliphatic carbocycles. The van der Waals surface area contributed by atoms with E-state index in [9.17, 15) is 19.2 Å². The number of rotatable bonds is 4. The summed E-state index contributed by atoms with van der Waals surface area (Å²) in [4.78, 5) is 51.3. The van der Waals surface area contributed by atoms with Crippen molar-refractivity contribution >= 4 is 29.1 Å². The smallest absolute Gasteiger partial charge is 0.332 e. The quantitative estimate of drug-likeness (QED) is 0.625. The predicted molar refractivity (Wildman–Crippen MR) is 107 cm³/mol. The monoisotopic (exact) mass is 392 g/mol. The number of carbonyl (C=O) groups excluding carboxylic acids is 4. The van der Waals surface area contributed by atoms with E-state index in [0.717, 1.165) is 0 Å². The van der Waals surface area contributed by atoms with Gasteiger partial charge >= 0.3 is 5.97 Å². The van der Waals surface area contributed by atoms with E-state index in [1.807, 2.05) is 0 Å². The van der Waals surface area contributed by atoms with Crippen LogP contribution in [0.2, 0.25) is 0 Å². The van der Waals surface area contributed by atoms with E-state index >= 15 is 0 Å². The first-order chi connectivity index (χ1) is 13.8. The zero-order valence-electron chi connectivity index (χ0n) is 16.3. The molecular formula is C22H20N2O5. The summed E-state index contributed by atoms with van der Waals surface area (Å²) in [6.45, 7) is 4.81. The Morgan fingerprint density at radius 3 is 2.62 bits per heavy atom. The van der Waals surface area contributed by atoms with Crippen LogP contribution in [-0.2, 0) is 14.3 Å². The van der Waals surface area contributed by atoms with Crippen LogP contribution in [0.1, 0.15) is 41.5 Å². The van der Waals surface area contributed by atoms with Crippen LogP contribution >= 0.6 is 0 Å². The lowest BCUT2D eigenvalue weighted by molar-refractivity contribution is -0.137. The van der Waals surface area contributed by atoms with E-state index in [4.69, 9.17) is 4.74 Å². The highest BCUT2D eigenvalue weighted by Gasteiger charge is 2.35. The zero-order chi connectivity index (χ0) is 21.1. The minimum Gasteiger partial charge on any atom is -0.463 e. The summed E-state index contributed by atoms with van der Waals surface area (Å²) >= 11 is 0. The lowest BCUT2D eigenvalue weighted by atomic mass is 9.85. The van der Waals surface area contributed by atoms with Crippen molar-refractivity contribution in [1.29, 1.82) is 0 Å². The van der Waals surface area contributed by atoms with E-state index < -0.39 is 5.97 Å². The summed E-state index contributed by atoms with van der Waals surface area (Å²) < 4.78 is 4.96. The standard InChI is InChI=1S/C22H20N2O5/c1-4-29-18(26)12-15-8-5-6-11-24(15)20-13(2)21(27)19-16(22(20)28)9-7-10-17(19)23-14(3)25/h5-12H,4H2,1-3H3,(H,23,25)/b15-12+. The number of anilines is 1. The fourth-order valence-corrected chi connectivity index (χ4v) is 3.25. The molecule has 0 spiro atoms. The van der Waals surface area contributed by atoms with Gasteiger partial charge in [-0.25, -0.2) is 4.79 Å². The van der Waals surface area contributed by atoms with Crippen molar-refractivity contribution in [3.8, 4) is 0 Å². The minimum atomic E-state index is -0.548. The lowest BCUT2D eigenvalue weighted by Crippen LogP contribution is -2.31. The molecule has 1 aliphatic heterocycles. The van der Waals surface area contributed by atoms with Crippen molar-refractivity contribution in [2.75, 3.05) is 11.9 Å². The van der Waals surface area contributed by atoms with Crippen LogP contribution in [0.3, 0.4) is 0 Å². The number of nitrogens with zero attached hydrogens (tertiary/aromatic N) is 1. The summed E-state index contributed by atoms with van der Waals surface area (Å²) in [5.74, 6) is -1.63. The maximum atomic E-state index is 13.3. The van der Waals surface area contributed by atoms with Gasteiger partial charge in [-0.2, -0.15) is 0 Å². The second-order valence-electron chi connectivity index (χ2n) is 6.43. The third-order valence-corrected chi connectivity index (χ3v) is 4.44. The van der Waals surface area contributed by atoms with E-state index in [-0.39, 0.29) is 46.5 Å². The molecule has 7 nitrogen and oxygen atoms in total. The van der Waals surface area contributed by atoms with Gasteiger partial charge < -0.3 is 15.0 Å². The predicted octanol–water partition coefficient (Wildman–Crippen LogP) is 3.13. The molecule has 1 N–H and O–H groups in total. The molecule has 3 rings (SSSR count). The molecule has 2 aliphatic rings. The van der Waals surface area contributed by atoms with Crippen molar-refractivity contribution in [3.05, 3.63) is 76.8 Å². The average Bonchev–Trinajstić information content (AvgIpc) is 2.67. The summed E-state index contributed by atoms with van der Waals surface area (Å²) in [7, 11) is 0. The molecule has 0 fully saturated rings. The molecule has 7 heteroatoms. The molecule has 0 atom stereocenters. The Morgan fingerprint density at radius 1 is 1.17 bits per heavy atom. The number of Topliss-reactive ketones (excluding diaryl/α,β-unsaturated/α-hetero) is 2. The van der Waals surface area contributed by atoms with E-state index in [1.54, 1.807) is 56.5 Å². The highest BCUT2D eigenvalue weighted by atomic mass is 16.5. The number of nitrogens with one attached hydrogen (secondary N) is 1. The zero-order valence-corrected chi connectivity index (χ0v) is 16.3. The number of benzene rings is 1. The van der Waals surface area contributed by atoms with Crippen molar-refractivity contribution in [3.63, 3.8) is 0 Å². The molecule has 29 heavy (non-hydrogen) atoms. The molecule has 0 saturated carbocycles. The number of allylic oxidation sites excluding steroid dienone is 5. The first-order valence-electron chi connectivity index (χ1n) is 9.08. The van der Waals surface area contributed by atoms with Gasteiger partial charge in [-0.05, 0) is 32.1 Å². The molecule has 0 bridgehead atoms. The second kappa shape index (κ2) is 8.10. The molecule has 0 unspecified atom stereocenters. The van der Waals surface area contributed by atoms with Crippen molar-refractivity contribution in [2.24, 2.45) is 0 Å². The van der Waals surface area contributed by atoms with Gasteiger partial charge in [-0.3, -0.25) is 14.4 Å². The molecule has 1 heterocycles. The number of fused-ring (bicyclic) bond motifs is 1. The molecule has 0 aromatic heterocycles. The SMILES string of the molecule is CCOC(=O)/C=C1\C=CC=CN1C1=C(C)C(=O)c2c(NC(C)=O)cccc2C1=O. The molecule has 1 aromatic rings. The molecule has 148 valence electrons. The van der Waals surface area contributed by atoms with Crippen LogP contribution in [0.25, 0.3) is 0 Å². The van der Waals surface area contributed by atoms with Gasteiger partial charge in [0.1, 0.15) is 5.70 Å². The van der Waals surface area contributed by atoms with Gasteiger partial charge in [-0.15, -0.1) is 0 Å². The number of amides is 1. The molecular weight excluding hydrogens is 372 g/mol. The third kappa shape index (κ3) is 3.80. The summed E-state index contributed by atoms with van der Waals surface area (Å²) in [5.41, 5.74) is 1.43. The Bertz CT molecular complexity index is 1040. The second-order valence-corrected chi connectivity index (χ2v) is 6.43. The molecule has 0 radical (unpaired) electrons. The Kier molecular flexibility index (Phi) is 5.59. The van der Waals surface area contributed by atoms with Crippen LogP contribution in [-0.4, -0.2) is 34.9 Å². The van der Waals surface area contributed by atoms with Crippen molar-refractivity contribution in [1.82, 2.24) is 4.90 Å². The topological polar surface area (TPSA) is 92.8 Å². The first kappa shape index (κ1) is 20.0. The number of ether oxygens (including phenoxy) is 1. The van der Waals surface area contributed by atoms with Gasteiger partial charge in [0.2, 0.25) is 11.7 Å². The van der Waals surface area contributed by atoms with Crippen molar-refractivity contribution < 1.29 is 23.9 Å². The summed E-state index contributed by atoms with van der Waals surface area (Å²) in [6.07, 6.45) is 7.94. The summed E-state index contributed by atoms with van der Waals surface area (Å²) in [6, 6.07) is 4.74. The normalized spacial score (nSPS) is 16.9. The molecule has 0 saturated heterocycles. The fraction of sp³-hybridized carbons (Fsp3) is 0.182. The van der Waals surface area contributed by atoms with Gasteiger partial charge in [-0.1, -0.05) is 18.2 Å². The number of ketones is 2. The Labute approximate surface area is 168 Å². The number of hydrogen-bond donors (Lipinski definition) is 1. The van der Waals surface area contributed by atoms with E-state index in [1.165, 1.54) is 17.9 Å². The number of hydrogen-bond acceptors (Lipinski definition) is 6. The Balaban J connectivity index is 2.10. The van der Waals surface area contributed by atoms with Crippen LogP contribution in [0.5, 0.6) is 0 Å². The van der Waals surface area contributed by atoms with Gasteiger partial charge in [0.25, 0.3) is 0 Å².